The molecule has 1 N–H and O–H groups in total. The number of nitrogens with zero attached hydrogens (tertiary/aromatic N) is 2. The van der Waals surface area contributed by atoms with Gasteiger partial charge in [0.2, 0.25) is 0 Å². The van der Waals surface area contributed by atoms with Crippen LogP contribution in [0.15, 0.2) is 48.9 Å². The van der Waals surface area contributed by atoms with E-state index in [1.807, 2.05) is 12.5 Å². The van der Waals surface area contributed by atoms with Crippen molar-refractivity contribution in [3.05, 3.63) is 65.6 Å². The fourth-order valence-electron chi connectivity index (χ4n) is 3.35. The first-order valence-electron chi connectivity index (χ1n) is 8.21. The van der Waals surface area contributed by atoms with Gasteiger partial charge >= 0.3 is 0 Å². The first-order chi connectivity index (χ1) is 11.5. The maximum Gasteiger partial charge on any atom is 0.0963 e. The summed E-state index contributed by atoms with van der Waals surface area (Å²) in [6.07, 6.45) is 3.88. The molecule has 2 aromatic carbocycles. The largest absolute Gasteiger partial charge is 0.361 e. The van der Waals surface area contributed by atoms with Crippen LogP contribution in [-0.2, 0) is 7.05 Å². The summed E-state index contributed by atoms with van der Waals surface area (Å²) in [4.78, 5) is 7.95. The Balaban J connectivity index is 1.93. The van der Waals surface area contributed by atoms with Gasteiger partial charge < -0.3 is 9.55 Å². The number of aromatic nitrogens is 3. The highest BCUT2D eigenvalue weighted by Crippen LogP contribution is 2.33. The van der Waals surface area contributed by atoms with Crippen LogP contribution in [0.25, 0.3) is 33.4 Å². The zero-order valence-corrected chi connectivity index (χ0v) is 14.5. The van der Waals surface area contributed by atoms with Crippen molar-refractivity contribution in [3.63, 3.8) is 0 Å². The lowest BCUT2D eigenvalue weighted by Crippen LogP contribution is -1.93. The minimum Gasteiger partial charge on any atom is -0.361 e. The molecule has 0 atom stereocenters. The van der Waals surface area contributed by atoms with Crippen LogP contribution in [0.2, 0.25) is 0 Å². The predicted octanol–water partition coefficient (Wildman–Crippen LogP) is 5.16. The van der Waals surface area contributed by atoms with E-state index in [0.717, 1.165) is 16.9 Å². The molecule has 120 valence electrons. The summed E-state index contributed by atoms with van der Waals surface area (Å²) in [6, 6.07) is 13.1. The van der Waals surface area contributed by atoms with Crippen LogP contribution in [0.4, 0.5) is 0 Å². The Morgan fingerprint density at radius 1 is 0.917 bits per heavy atom. The lowest BCUT2D eigenvalue weighted by Gasteiger charge is -2.11. The number of hydrogen-bond acceptors (Lipinski definition) is 1. The number of aryl methyl sites for hydroxylation is 3. The van der Waals surface area contributed by atoms with Gasteiger partial charge in [-0.1, -0.05) is 6.07 Å². The molecule has 0 aliphatic carbocycles. The van der Waals surface area contributed by atoms with E-state index in [1.54, 1.807) is 0 Å². The molecule has 0 amide bonds. The van der Waals surface area contributed by atoms with Crippen LogP contribution < -0.4 is 0 Å². The summed E-state index contributed by atoms with van der Waals surface area (Å²) in [6.45, 7) is 6.51. The predicted molar refractivity (Wildman–Crippen MR) is 100 cm³/mol. The molecule has 24 heavy (non-hydrogen) atoms. The summed E-state index contributed by atoms with van der Waals surface area (Å²) in [5, 5.41) is 1.22. The SMILES string of the molecule is Cc1cc(-c2ncn(C)c2-c2ccc3[nH]ccc3c2)cc(C)c1C. The number of rotatable bonds is 2. The van der Waals surface area contributed by atoms with E-state index in [1.165, 1.54) is 33.2 Å². The van der Waals surface area contributed by atoms with E-state index >= 15 is 0 Å². The second-order valence-corrected chi connectivity index (χ2v) is 6.57. The number of H-pyrrole nitrogens is 1. The van der Waals surface area contributed by atoms with Crippen LogP contribution in [0.1, 0.15) is 16.7 Å². The number of hydrogen-bond donors (Lipinski definition) is 1. The van der Waals surface area contributed by atoms with E-state index in [0.29, 0.717) is 0 Å². The minimum atomic E-state index is 1.04. The molecule has 2 heterocycles. The zero-order chi connectivity index (χ0) is 16.8. The molecule has 0 bridgehead atoms. The van der Waals surface area contributed by atoms with Crippen LogP contribution >= 0.6 is 0 Å². The van der Waals surface area contributed by atoms with E-state index < -0.39 is 0 Å². The maximum absolute atomic E-state index is 4.70. The normalized spacial score (nSPS) is 11.3. The van der Waals surface area contributed by atoms with Gasteiger partial charge in [0.15, 0.2) is 0 Å². The Bertz CT molecular complexity index is 1030. The Morgan fingerprint density at radius 2 is 1.67 bits per heavy atom. The molecule has 3 nitrogen and oxygen atoms in total. The third-order valence-electron chi connectivity index (χ3n) is 4.96. The average Bonchev–Trinajstić information content (AvgIpc) is 3.17. The van der Waals surface area contributed by atoms with E-state index in [9.17, 15) is 0 Å². The van der Waals surface area contributed by atoms with Crippen molar-refractivity contribution in [2.45, 2.75) is 20.8 Å². The molecule has 0 saturated carbocycles. The van der Waals surface area contributed by atoms with E-state index in [2.05, 4.69) is 73.8 Å². The quantitative estimate of drug-likeness (QED) is 0.544. The molecule has 0 aliphatic rings. The van der Waals surface area contributed by atoms with Gasteiger partial charge in [0.1, 0.15) is 0 Å². The van der Waals surface area contributed by atoms with Gasteiger partial charge in [-0.3, -0.25) is 0 Å². The van der Waals surface area contributed by atoms with Gasteiger partial charge in [-0.15, -0.1) is 0 Å². The van der Waals surface area contributed by atoms with E-state index in [-0.39, 0.29) is 0 Å². The van der Waals surface area contributed by atoms with Crippen LogP contribution in [0, 0.1) is 20.8 Å². The molecule has 2 aromatic heterocycles. The molecule has 0 unspecified atom stereocenters. The molecule has 0 aliphatic heterocycles. The minimum absolute atomic E-state index is 1.04. The van der Waals surface area contributed by atoms with Crippen molar-refractivity contribution < 1.29 is 0 Å². The standard InChI is InChI=1S/C21H21N3/c1-13-9-18(10-14(2)15(13)3)20-21(24(4)12-23-20)17-5-6-19-16(11-17)7-8-22-19/h5-12,22H,1-4H3. The lowest BCUT2D eigenvalue weighted by molar-refractivity contribution is 0.922. The fraction of sp³-hybridized carbons (Fsp3) is 0.190. The average molecular weight is 315 g/mol. The lowest BCUT2D eigenvalue weighted by atomic mass is 9.97. The number of nitrogens with one attached hydrogen (secondary N) is 1. The Labute approximate surface area is 142 Å². The van der Waals surface area contributed by atoms with Gasteiger partial charge in [0.05, 0.1) is 17.7 Å². The molecule has 4 rings (SSSR count). The first-order valence-corrected chi connectivity index (χ1v) is 8.21. The summed E-state index contributed by atoms with van der Waals surface area (Å²) >= 11 is 0. The topological polar surface area (TPSA) is 33.6 Å². The summed E-state index contributed by atoms with van der Waals surface area (Å²) in [5.74, 6) is 0. The van der Waals surface area contributed by atoms with Gasteiger partial charge in [0, 0.05) is 35.3 Å². The molecule has 0 saturated heterocycles. The molecule has 0 spiro atoms. The second-order valence-electron chi connectivity index (χ2n) is 6.57. The first kappa shape index (κ1) is 14.8. The number of fused-ring (bicyclic) bond motifs is 1. The number of imidazole rings is 1. The van der Waals surface area contributed by atoms with Crippen LogP contribution in [-0.4, -0.2) is 14.5 Å². The van der Waals surface area contributed by atoms with Crippen LogP contribution in [0.5, 0.6) is 0 Å². The summed E-state index contributed by atoms with van der Waals surface area (Å²) in [5.41, 5.74) is 9.69. The van der Waals surface area contributed by atoms with Crippen LogP contribution in [0.3, 0.4) is 0 Å². The van der Waals surface area contributed by atoms with Crippen molar-refractivity contribution in [1.82, 2.24) is 14.5 Å². The van der Waals surface area contributed by atoms with Gasteiger partial charge in [-0.25, -0.2) is 4.98 Å². The summed E-state index contributed by atoms with van der Waals surface area (Å²) in [7, 11) is 2.06. The highest BCUT2D eigenvalue weighted by atomic mass is 15.0. The summed E-state index contributed by atoms with van der Waals surface area (Å²) < 4.78 is 2.10. The van der Waals surface area contributed by atoms with Crippen molar-refractivity contribution in [2.24, 2.45) is 7.05 Å². The monoisotopic (exact) mass is 315 g/mol. The van der Waals surface area contributed by atoms with Gasteiger partial charge in [-0.05, 0) is 67.8 Å². The molecular weight excluding hydrogens is 294 g/mol. The number of aromatic amines is 1. The Morgan fingerprint density at radius 3 is 2.42 bits per heavy atom. The Hall–Kier alpha value is -2.81. The zero-order valence-electron chi connectivity index (χ0n) is 14.5. The van der Waals surface area contributed by atoms with Crippen molar-refractivity contribution in [2.75, 3.05) is 0 Å². The van der Waals surface area contributed by atoms with Crippen molar-refractivity contribution >= 4 is 10.9 Å². The van der Waals surface area contributed by atoms with E-state index in [4.69, 9.17) is 4.98 Å². The van der Waals surface area contributed by atoms with Crippen molar-refractivity contribution in [3.8, 4) is 22.5 Å². The highest BCUT2D eigenvalue weighted by Gasteiger charge is 2.15. The molecule has 0 fully saturated rings. The molecular formula is C21H21N3. The fourth-order valence-corrected chi connectivity index (χ4v) is 3.35. The second kappa shape index (κ2) is 5.38. The Kier molecular flexibility index (Phi) is 3.31. The smallest absolute Gasteiger partial charge is 0.0963 e. The van der Waals surface area contributed by atoms with Gasteiger partial charge in [0.25, 0.3) is 0 Å². The third-order valence-corrected chi connectivity index (χ3v) is 4.96. The molecule has 0 radical (unpaired) electrons. The highest BCUT2D eigenvalue weighted by molar-refractivity contribution is 5.88. The third kappa shape index (κ3) is 2.24. The maximum atomic E-state index is 4.70. The molecule has 4 aromatic rings. The molecule has 3 heteroatoms. The number of benzene rings is 2. The van der Waals surface area contributed by atoms with Crippen molar-refractivity contribution in [1.29, 1.82) is 0 Å². The van der Waals surface area contributed by atoms with Gasteiger partial charge in [-0.2, -0.15) is 0 Å².